The van der Waals surface area contributed by atoms with Crippen molar-refractivity contribution in [3.05, 3.63) is 0 Å². The highest BCUT2D eigenvalue weighted by molar-refractivity contribution is 5.65. The number of amides is 1. The highest BCUT2D eigenvalue weighted by Gasteiger charge is 2.41. The molecule has 106 valence electrons. The normalized spacial score (nSPS) is 25.2. The fourth-order valence-corrected chi connectivity index (χ4v) is 3.29. The Balaban J connectivity index is 2.76. The number of carbonyl (C=O) groups is 1. The zero-order valence-corrected chi connectivity index (χ0v) is 11.9. The van der Waals surface area contributed by atoms with Crippen LogP contribution < -0.4 is 0 Å². The summed E-state index contributed by atoms with van der Waals surface area (Å²) in [5, 5.41) is 18.2. The number of likely N-dealkylation sites (tertiary alicyclic amines) is 1. The molecule has 0 aromatic rings. The molecule has 1 heterocycles. The largest absolute Gasteiger partial charge is 0.465 e. The van der Waals surface area contributed by atoms with Crippen molar-refractivity contribution in [2.24, 2.45) is 11.3 Å². The molecule has 1 amide bonds. The first-order chi connectivity index (χ1) is 8.38. The summed E-state index contributed by atoms with van der Waals surface area (Å²) >= 11 is 0. The fourth-order valence-electron chi connectivity index (χ4n) is 3.29. The minimum atomic E-state index is -0.790. The number of hydrogen-bond donors (Lipinski definition) is 2. The standard InChI is InChI=1S/C14H27NO3/c1-14(2,3)12-11(7-4-5-10-16)8-6-9-15(12)13(17)18/h11-12,16H,4-10H2,1-3H3,(H,17,18)/t11-,12?/m0/s1. The van der Waals surface area contributed by atoms with Crippen molar-refractivity contribution >= 4 is 6.09 Å². The van der Waals surface area contributed by atoms with Crippen molar-refractivity contribution in [1.82, 2.24) is 4.90 Å². The van der Waals surface area contributed by atoms with Gasteiger partial charge in [0.05, 0.1) is 0 Å². The Morgan fingerprint density at radius 1 is 1.33 bits per heavy atom. The van der Waals surface area contributed by atoms with E-state index in [1.165, 1.54) is 0 Å². The summed E-state index contributed by atoms with van der Waals surface area (Å²) in [6.07, 6.45) is 4.11. The van der Waals surface area contributed by atoms with Crippen LogP contribution in [-0.2, 0) is 0 Å². The highest BCUT2D eigenvalue weighted by Crippen LogP contribution is 2.38. The van der Waals surface area contributed by atoms with Crippen LogP contribution >= 0.6 is 0 Å². The summed E-state index contributed by atoms with van der Waals surface area (Å²) in [6, 6.07) is 0.0995. The van der Waals surface area contributed by atoms with Crippen molar-refractivity contribution in [2.45, 2.75) is 58.9 Å². The van der Waals surface area contributed by atoms with Gasteiger partial charge in [-0.2, -0.15) is 0 Å². The Morgan fingerprint density at radius 2 is 2.00 bits per heavy atom. The van der Waals surface area contributed by atoms with E-state index in [-0.39, 0.29) is 18.1 Å². The minimum Gasteiger partial charge on any atom is -0.465 e. The highest BCUT2D eigenvalue weighted by atomic mass is 16.4. The van der Waals surface area contributed by atoms with Crippen molar-refractivity contribution in [1.29, 1.82) is 0 Å². The van der Waals surface area contributed by atoms with E-state index >= 15 is 0 Å². The summed E-state index contributed by atoms with van der Waals surface area (Å²) in [5.74, 6) is 0.432. The lowest BCUT2D eigenvalue weighted by Gasteiger charge is -2.47. The van der Waals surface area contributed by atoms with Gasteiger partial charge < -0.3 is 15.1 Å². The fraction of sp³-hybridized carbons (Fsp3) is 0.929. The number of carboxylic acid groups (broad SMARTS) is 1. The average Bonchev–Trinajstić information content (AvgIpc) is 2.27. The van der Waals surface area contributed by atoms with Crippen LogP contribution in [0.2, 0.25) is 0 Å². The molecule has 1 aliphatic heterocycles. The van der Waals surface area contributed by atoms with Crippen LogP contribution in [0.4, 0.5) is 4.79 Å². The molecule has 1 unspecified atom stereocenters. The molecule has 0 aromatic carbocycles. The molecule has 2 atom stereocenters. The van der Waals surface area contributed by atoms with Gasteiger partial charge in [0.2, 0.25) is 0 Å². The summed E-state index contributed by atoms with van der Waals surface area (Å²) in [4.78, 5) is 13.0. The van der Waals surface area contributed by atoms with Gasteiger partial charge in [0, 0.05) is 19.2 Å². The molecule has 4 nitrogen and oxygen atoms in total. The first-order valence-corrected chi connectivity index (χ1v) is 6.98. The third kappa shape index (κ3) is 3.87. The van der Waals surface area contributed by atoms with Gasteiger partial charge in [-0.25, -0.2) is 4.79 Å². The predicted octanol–water partition coefficient (Wildman–Crippen LogP) is 2.95. The monoisotopic (exact) mass is 257 g/mol. The lowest BCUT2D eigenvalue weighted by Crippen LogP contribution is -2.54. The van der Waals surface area contributed by atoms with Crippen LogP contribution in [0.3, 0.4) is 0 Å². The first kappa shape index (κ1) is 15.3. The van der Waals surface area contributed by atoms with Crippen molar-refractivity contribution in [2.75, 3.05) is 13.2 Å². The molecule has 0 saturated carbocycles. The molecule has 1 saturated heterocycles. The Morgan fingerprint density at radius 3 is 2.50 bits per heavy atom. The van der Waals surface area contributed by atoms with E-state index in [1.807, 2.05) is 0 Å². The molecule has 18 heavy (non-hydrogen) atoms. The number of aliphatic hydroxyl groups excluding tert-OH is 1. The SMILES string of the molecule is CC(C)(C)C1[C@@H](CCCCO)CCCN1C(=O)O. The van der Waals surface area contributed by atoms with Crippen LogP contribution in [0, 0.1) is 11.3 Å². The maximum atomic E-state index is 11.4. The van der Waals surface area contributed by atoms with Gasteiger partial charge in [0.1, 0.15) is 0 Å². The molecule has 0 aromatic heterocycles. The van der Waals surface area contributed by atoms with Gasteiger partial charge in [-0.1, -0.05) is 27.2 Å². The van der Waals surface area contributed by atoms with E-state index in [2.05, 4.69) is 20.8 Å². The Bertz CT molecular complexity index is 273. The molecule has 1 fully saturated rings. The smallest absolute Gasteiger partial charge is 0.407 e. The Kier molecular flexibility index (Phi) is 5.45. The Hall–Kier alpha value is -0.770. The third-order valence-electron chi connectivity index (χ3n) is 3.87. The molecule has 0 aliphatic carbocycles. The number of rotatable bonds is 4. The zero-order valence-electron chi connectivity index (χ0n) is 11.9. The summed E-state index contributed by atoms with van der Waals surface area (Å²) in [6.45, 7) is 7.26. The molecular weight excluding hydrogens is 230 g/mol. The molecular formula is C14H27NO3. The van der Waals surface area contributed by atoms with Gasteiger partial charge in [0.15, 0.2) is 0 Å². The van der Waals surface area contributed by atoms with Crippen molar-refractivity contribution < 1.29 is 15.0 Å². The van der Waals surface area contributed by atoms with E-state index in [1.54, 1.807) is 4.90 Å². The molecule has 0 spiro atoms. The number of hydrogen-bond acceptors (Lipinski definition) is 2. The van der Waals surface area contributed by atoms with E-state index in [0.29, 0.717) is 12.5 Å². The second kappa shape index (κ2) is 6.41. The van der Waals surface area contributed by atoms with E-state index in [9.17, 15) is 9.90 Å². The summed E-state index contributed by atoms with van der Waals surface area (Å²) in [5.41, 5.74) is -0.0251. The molecule has 0 bridgehead atoms. The van der Waals surface area contributed by atoms with Gasteiger partial charge in [-0.3, -0.25) is 0 Å². The minimum absolute atomic E-state index is 0.0251. The van der Waals surface area contributed by atoms with E-state index in [4.69, 9.17) is 5.11 Å². The van der Waals surface area contributed by atoms with Crippen LogP contribution in [0.25, 0.3) is 0 Å². The van der Waals surface area contributed by atoms with Gasteiger partial charge in [0.25, 0.3) is 0 Å². The maximum Gasteiger partial charge on any atom is 0.407 e. The summed E-state index contributed by atoms with van der Waals surface area (Å²) in [7, 11) is 0. The second-order valence-corrected chi connectivity index (χ2v) is 6.41. The van der Waals surface area contributed by atoms with E-state index < -0.39 is 6.09 Å². The quantitative estimate of drug-likeness (QED) is 0.761. The summed E-state index contributed by atoms with van der Waals surface area (Å²) < 4.78 is 0. The van der Waals surface area contributed by atoms with Gasteiger partial charge in [-0.05, 0) is 37.0 Å². The molecule has 1 aliphatic rings. The second-order valence-electron chi connectivity index (χ2n) is 6.41. The number of aliphatic hydroxyl groups is 1. The lowest BCUT2D eigenvalue weighted by atomic mass is 9.72. The average molecular weight is 257 g/mol. The lowest BCUT2D eigenvalue weighted by molar-refractivity contribution is 0.0190. The topological polar surface area (TPSA) is 60.8 Å². The van der Waals surface area contributed by atoms with Crippen LogP contribution in [0.15, 0.2) is 0 Å². The van der Waals surface area contributed by atoms with Crippen molar-refractivity contribution in [3.63, 3.8) is 0 Å². The van der Waals surface area contributed by atoms with Crippen LogP contribution in [0.5, 0.6) is 0 Å². The molecule has 4 heteroatoms. The van der Waals surface area contributed by atoms with Crippen LogP contribution in [0.1, 0.15) is 52.9 Å². The first-order valence-electron chi connectivity index (χ1n) is 6.98. The number of piperidine rings is 1. The van der Waals surface area contributed by atoms with Gasteiger partial charge >= 0.3 is 6.09 Å². The molecule has 0 radical (unpaired) electrons. The number of nitrogens with zero attached hydrogens (tertiary/aromatic N) is 1. The molecule has 2 N–H and O–H groups in total. The Labute approximate surface area is 110 Å². The zero-order chi connectivity index (χ0) is 13.8. The van der Waals surface area contributed by atoms with Gasteiger partial charge in [-0.15, -0.1) is 0 Å². The predicted molar refractivity (Wildman–Crippen MR) is 71.6 cm³/mol. The maximum absolute atomic E-state index is 11.4. The van der Waals surface area contributed by atoms with Crippen molar-refractivity contribution in [3.8, 4) is 0 Å². The van der Waals surface area contributed by atoms with E-state index in [0.717, 1.165) is 32.1 Å². The number of unbranched alkanes of at least 4 members (excludes halogenated alkanes) is 1. The molecule has 1 rings (SSSR count). The third-order valence-corrected chi connectivity index (χ3v) is 3.87. The van der Waals surface area contributed by atoms with Crippen LogP contribution in [-0.4, -0.2) is 40.4 Å².